The molecule has 3 N–H and O–H groups in total. The molecule has 0 aliphatic carbocycles. The predicted octanol–water partition coefficient (Wildman–Crippen LogP) is 23.4. The molecule has 0 fully saturated rings. The highest BCUT2D eigenvalue weighted by Gasteiger charge is 2.30. The van der Waals surface area contributed by atoms with E-state index in [1.807, 2.05) is 0 Å². The Bertz CT molecular complexity index is 1910. The molecule has 0 rings (SSSR count). The summed E-state index contributed by atoms with van der Waals surface area (Å²) in [5.74, 6) is 0.231. The van der Waals surface area contributed by atoms with Crippen molar-refractivity contribution in [3.8, 4) is 0 Å². The molecule has 582 valence electrons. The van der Waals surface area contributed by atoms with E-state index in [9.17, 15) is 43.2 Å². The molecule has 0 aliphatic rings. The van der Waals surface area contributed by atoms with Gasteiger partial charge in [-0.25, -0.2) is 9.13 Å². The van der Waals surface area contributed by atoms with E-state index in [0.717, 1.165) is 108 Å². The highest BCUT2D eigenvalue weighted by Crippen LogP contribution is 2.45. The molecule has 98 heavy (non-hydrogen) atoms. The molecule has 0 aromatic heterocycles. The maximum Gasteiger partial charge on any atom is 0.472 e. The van der Waals surface area contributed by atoms with Crippen molar-refractivity contribution < 1.29 is 80.2 Å². The second-order valence-corrected chi connectivity index (χ2v) is 32.6. The van der Waals surface area contributed by atoms with Crippen molar-refractivity contribution in [1.29, 1.82) is 0 Å². The van der Waals surface area contributed by atoms with E-state index in [1.54, 1.807) is 0 Å². The Morgan fingerprint density at radius 3 is 0.776 bits per heavy atom. The summed E-state index contributed by atoms with van der Waals surface area (Å²) in [4.78, 5) is 72.7. The highest BCUT2D eigenvalue weighted by atomic mass is 31.2. The Hall–Kier alpha value is -1.94. The summed E-state index contributed by atoms with van der Waals surface area (Å²) in [6, 6.07) is 0. The van der Waals surface area contributed by atoms with Gasteiger partial charge in [-0.15, -0.1) is 0 Å². The molecule has 6 atom stereocenters. The van der Waals surface area contributed by atoms with Crippen LogP contribution < -0.4 is 0 Å². The minimum absolute atomic E-state index is 0.102. The van der Waals surface area contributed by atoms with Crippen LogP contribution in [0.1, 0.15) is 408 Å². The summed E-state index contributed by atoms with van der Waals surface area (Å²) in [6.07, 6.45) is 57.3. The number of aliphatic hydroxyl groups is 1. The van der Waals surface area contributed by atoms with Gasteiger partial charge >= 0.3 is 39.5 Å². The number of carbonyl (C=O) groups excluding carboxylic acids is 4. The zero-order chi connectivity index (χ0) is 72.3. The van der Waals surface area contributed by atoms with E-state index in [2.05, 4.69) is 48.5 Å². The van der Waals surface area contributed by atoms with E-state index in [4.69, 9.17) is 37.0 Å². The Morgan fingerprint density at radius 1 is 0.296 bits per heavy atom. The molecule has 0 aromatic rings. The van der Waals surface area contributed by atoms with E-state index < -0.39 is 97.5 Å². The maximum absolute atomic E-state index is 13.1. The van der Waals surface area contributed by atoms with Gasteiger partial charge in [-0.1, -0.05) is 357 Å². The number of ether oxygens (including phenoxy) is 4. The van der Waals surface area contributed by atoms with Crippen LogP contribution in [0.15, 0.2) is 0 Å². The van der Waals surface area contributed by atoms with Gasteiger partial charge < -0.3 is 33.8 Å². The molecule has 0 saturated heterocycles. The third kappa shape index (κ3) is 71.1. The zero-order valence-electron chi connectivity index (χ0n) is 64.3. The van der Waals surface area contributed by atoms with Crippen LogP contribution in [0.3, 0.4) is 0 Å². The molecule has 0 radical (unpaired) electrons. The quantitative estimate of drug-likeness (QED) is 0.0222. The van der Waals surface area contributed by atoms with Crippen molar-refractivity contribution in [3.05, 3.63) is 0 Å². The second kappa shape index (κ2) is 69.4. The fraction of sp³-hybridized carbons (Fsp3) is 0.949. The van der Waals surface area contributed by atoms with Crippen LogP contribution in [-0.2, 0) is 65.4 Å². The van der Waals surface area contributed by atoms with E-state index >= 15 is 0 Å². The van der Waals surface area contributed by atoms with E-state index in [1.165, 1.54) is 212 Å². The first-order valence-corrected chi connectivity index (χ1v) is 43.9. The van der Waals surface area contributed by atoms with Gasteiger partial charge in [0.05, 0.1) is 26.4 Å². The largest absolute Gasteiger partial charge is 0.472 e. The maximum atomic E-state index is 13.1. The average Bonchev–Trinajstić information content (AvgIpc) is 0.965. The van der Waals surface area contributed by atoms with Gasteiger partial charge in [0.15, 0.2) is 12.2 Å². The molecule has 17 nitrogen and oxygen atoms in total. The van der Waals surface area contributed by atoms with Crippen molar-refractivity contribution in [1.82, 2.24) is 0 Å². The molecule has 0 aromatic carbocycles. The number of esters is 4. The summed E-state index contributed by atoms with van der Waals surface area (Å²) in [7, 11) is -9.91. The zero-order valence-corrected chi connectivity index (χ0v) is 66.0. The average molecular weight is 1440 g/mol. The first-order valence-electron chi connectivity index (χ1n) is 40.9. The molecule has 0 saturated carbocycles. The van der Waals surface area contributed by atoms with Crippen LogP contribution in [-0.4, -0.2) is 96.7 Å². The molecule has 3 unspecified atom stereocenters. The van der Waals surface area contributed by atoms with Crippen LogP contribution in [0, 0.1) is 17.8 Å². The lowest BCUT2D eigenvalue weighted by atomic mass is 9.99. The number of phosphoric ester groups is 2. The predicted molar refractivity (Wildman–Crippen MR) is 400 cm³/mol. The molecular weight excluding hydrogens is 1280 g/mol. The Labute approximate surface area is 600 Å². The SMILES string of the molecule is CCCCCCCCCCC(=O)OC[C@H](COP(=O)(O)OC[C@H](O)COP(=O)(O)OC[C@@H](COC(=O)CCCCCCCCCCCCCCCCCCC(C)C)OC(=O)CCCCCCCCCCCCCCCCCCCCC(C)CC)OC(=O)CCCCCCCCC(C)C. The van der Waals surface area contributed by atoms with Crippen LogP contribution in [0.4, 0.5) is 0 Å². The minimum atomic E-state index is -4.96. The first kappa shape index (κ1) is 96.1. The van der Waals surface area contributed by atoms with Gasteiger partial charge in [-0.3, -0.25) is 37.3 Å². The number of hydrogen-bond donors (Lipinski definition) is 3. The molecular formula is C79H154O17P2. The molecule has 0 amide bonds. The summed E-state index contributed by atoms with van der Waals surface area (Å²) in [6.45, 7) is 11.9. The number of hydrogen-bond acceptors (Lipinski definition) is 15. The van der Waals surface area contributed by atoms with Gasteiger partial charge in [0.25, 0.3) is 0 Å². The third-order valence-electron chi connectivity index (χ3n) is 18.7. The smallest absolute Gasteiger partial charge is 0.462 e. The van der Waals surface area contributed by atoms with Gasteiger partial charge in [0.2, 0.25) is 0 Å². The fourth-order valence-corrected chi connectivity index (χ4v) is 13.7. The number of carbonyl (C=O) groups is 4. The van der Waals surface area contributed by atoms with Crippen LogP contribution in [0.25, 0.3) is 0 Å². The topological polar surface area (TPSA) is 237 Å². The molecule has 0 aliphatic heterocycles. The third-order valence-corrected chi connectivity index (χ3v) is 20.6. The first-order chi connectivity index (χ1) is 47.3. The van der Waals surface area contributed by atoms with Crippen molar-refractivity contribution in [2.24, 2.45) is 17.8 Å². The van der Waals surface area contributed by atoms with Crippen molar-refractivity contribution >= 4 is 39.5 Å². The summed E-state index contributed by atoms with van der Waals surface area (Å²) in [5.41, 5.74) is 0. The lowest BCUT2D eigenvalue weighted by Crippen LogP contribution is -2.30. The molecule has 19 heteroatoms. The Morgan fingerprint density at radius 2 is 0.520 bits per heavy atom. The second-order valence-electron chi connectivity index (χ2n) is 29.6. The van der Waals surface area contributed by atoms with Crippen LogP contribution >= 0.6 is 15.6 Å². The fourth-order valence-electron chi connectivity index (χ4n) is 12.1. The molecule has 0 spiro atoms. The van der Waals surface area contributed by atoms with E-state index in [-0.39, 0.29) is 25.7 Å². The lowest BCUT2D eigenvalue weighted by molar-refractivity contribution is -0.161. The van der Waals surface area contributed by atoms with Crippen molar-refractivity contribution in [2.45, 2.75) is 426 Å². The standard InChI is InChI=1S/C79H154O17P2/c1-8-10-11-12-13-38-46-53-60-76(81)89-67-75(96-79(84)63-56-49-42-41-44-51-58-71(5)6)69-94-98(87,88)92-65-73(80)64-91-97(85,86)93-68-74(66-90-77(82)61-54-47-39-34-30-26-22-19-18-20-24-28-32-36-43-50-57-70(3)4)95-78(83)62-55-48-40-35-31-27-23-17-15-14-16-21-25-29-33-37-45-52-59-72(7)9-2/h70-75,80H,8-69H2,1-7H3,(H,85,86)(H,87,88)/t72?,73-,74-,75-/m1/s1. The number of rotatable bonds is 77. The van der Waals surface area contributed by atoms with Gasteiger partial charge in [-0.05, 0) is 43.4 Å². The monoisotopic (exact) mass is 1440 g/mol. The summed E-state index contributed by atoms with van der Waals surface area (Å²) in [5, 5.41) is 10.6. The summed E-state index contributed by atoms with van der Waals surface area (Å²) >= 11 is 0. The van der Waals surface area contributed by atoms with Gasteiger partial charge in [0.1, 0.15) is 19.3 Å². The highest BCUT2D eigenvalue weighted by molar-refractivity contribution is 7.47. The van der Waals surface area contributed by atoms with Gasteiger partial charge in [-0.2, -0.15) is 0 Å². The van der Waals surface area contributed by atoms with Crippen molar-refractivity contribution in [3.63, 3.8) is 0 Å². The Kier molecular flexibility index (Phi) is 68.1. The normalized spacial score (nSPS) is 14.3. The van der Waals surface area contributed by atoms with Gasteiger partial charge in [0, 0.05) is 25.7 Å². The molecule has 0 heterocycles. The van der Waals surface area contributed by atoms with Crippen molar-refractivity contribution in [2.75, 3.05) is 39.6 Å². The number of unbranched alkanes of at least 4 members (excludes halogenated alkanes) is 44. The Balaban J connectivity index is 5.15. The summed E-state index contributed by atoms with van der Waals surface area (Å²) < 4.78 is 68.4. The van der Waals surface area contributed by atoms with E-state index in [0.29, 0.717) is 31.6 Å². The van der Waals surface area contributed by atoms with Crippen LogP contribution in [0.2, 0.25) is 0 Å². The van der Waals surface area contributed by atoms with Crippen LogP contribution in [0.5, 0.6) is 0 Å². The number of phosphoric acid groups is 2. The number of aliphatic hydroxyl groups excluding tert-OH is 1. The lowest BCUT2D eigenvalue weighted by Gasteiger charge is -2.21. The minimum Gasteiger partial charge on any atom is -0.462 e. The molecule has 0 bridgehead atoms.